The van der Waals surface area contributed by atoms with Gasteiger partial charge in [0, 0.05) is 5.56 Å². The second-order valence-corrected chi connectivity index (χ2v) is 2.69. The molecule has 0 unspecified atom stereocenters. The number of hydrogen-bond acceptors (Lipinski definition) is 2. The third-order valence-corrected chi connectivity index (χ3v) is 1.74. The van der Waals surface area contributed by atoms with Crippen molar-refractivity contribution in [2.24, 2.45) is 0 Å². The van der Waals surface area contributed by atoms with Gasteiger partial charge in [0.05, 0.1) is 0 Å². The molecule has 68 valence electrons. The monoisotopic (exact) mass is 187 g/mol. The molecule has 0 saturated carbocycles. The minimum Gasteiger partial charge on any atom is -0.443 e. The molecule has 1 heterocycles. The summed E-state index contributed by atoms with van der Waals surface area (Å²) in [5.74, 6) is 2.46. The second-order valence-electron chi connectivity index (χ2n) is 2.69. The van der Waals surface area contributed by atoms with E-state index in [2.05, 4.69) is 10.9 Å². The Bertz CT molecular complexity index is 479. The fourth-order valence-electron chi connectivity index (χ4n) is 1.07. The summed E-state index contributed by atoms with van der Waals surface area (Å²) >= 11 is 0. The Balaban J connectivity index is 2.40. The summed E-state index contributed by atoms with van der Waals surface area (Å²) in [6, 6.07) is 5.85. The number of aromatic nitrogens is 1. The Morgan fingerprint density at radius 2 is 2.00 bits per heavy atom. The van der Waals surface area contributed by atoms with Crippen molar-refractivity contribution in [1.82, 2.24) is 4.98 Å². The summed E-state index contributed by atoms with van der Waals surface area (Å²) in [4.78, 5) is 4.00. The van der Waals surface area contributed by atoms with Gasteiger partial charge in [-0.3, -0.25) is 0 Å². The lowest BCUT2D eigenvalue weighted by Gasteiger charge is -1.93. The van der Waals surface area contributed by atoms with Crippen LogP contribution in [0.3, 0.4) is 0 Å². The standard InChI is InChI=1S/C11H6FNO/c1-2-10-7-14-11(13-10)8-3-5-9(12)6-4-8/h1,3-7H. The normalized spacial score (nSPS) is 9.71. The van der Waals surface area contributed by atoms with Crippen LogP contribution < -0.4 is 0 Å². The molecule has 2 aromatic rings. The van der Waals surface area contributed by atoms with Crippen LogP contribution >= 0.6 is 0 Å². The molecule has 3 heteroatoms. The van der Waals surface area contributed by atoms with E-state index >= 15 is 0 Å². The first-order valence-electron chi connectivity index (χ1n) is 3.97. The molecule has 0 fully saturated rings. The van der Waals surface area contributed by atoms with Crippen LogP contribution in [0.2, 0.25) is 0 Å². The highest BCUT2D eigenvalue weighted by Crippen LogP contribution is 2.18. The number of halogens is 1. The summed E-state index contributed by atoms with van der Waals surface area (Å²) in [6.07, 6.45) is 6.52. The van der Waals surface area contributed by atoms with Crippen molar-refractivity contribution in [1.29, 1.82) is 0 Å². The van der Waals surface area contributed by atoms with Gasteiger partial charge in [-0.2, -0.15) is 0 Å². The van der Waals surface area contributed by atoms with Gasteiger partial charge in [0.1, 0.15) is 12.1 Å². The minimum absolute atomic E-state index is 0.294. The van der Waals surface area contributed by atoms with Gasteiger partial charge in [0.15, 0.2) is 5.69 Å². The van der Waals surface area contributed by atoms with E-state index in [0.29, 0.717) is 17.1 Å². The Morgan fingerprint density at radius 3 is 2.57 bits per heavy atom. The molecular formula is C11H6FNO. The molecule has 0 aliphatic heterocycles. The molecule has 1 aromatic carbocycles. The molecular weight excluding hydrogens is 181 g/mol. The average Bonchev–Trinajstić information content (AvgIpc) is 2.67. The molecule has 0 saturated heterocycles. The molecule has 14 heavy (non-hydrogen) atoms. The third-order valence-electron chi connectivity index (χ3n) is 1.74. The quantitative estimate of drug-likeness (QED) is 0.641. The zero-order valence-corrected chi connectivity index (χ0v) is 7.20. The average molecular weight is 187 g/mol. The highest BCUT2D eigenvalue weighted by molar-refractivity contribution is 5.53. The lowest BCUT2D eigenvalue weighted by atomic mass is 10.2. The van der Waals surface area contributed by atoms with Crippen LogP contribution in [0, 0.1) is 18.2 Å². The van der Waals surface area contributed by atoms with Crippen molar-refractivity contribution in [3.8, 4) is 23.8 Å². The van der Waals surface area contributed by atoms with E-state index in [4.69, 9.17) is 10.8 Å². The predicted molar refractivity (Wildman–Crippen MR) is 49.8 cm³/mol. The van der Waals surface area contributed by atoms with E-state index in [9.17, 15) is 4.39 Å². The Hall–Kier alpha value is -2.08. The zero-order valence-electron chi connectivity index (χ0n) is 7.20. The second kappa shape index (κ2) is 3.35. The molecule has 0 amide bonds. The maximum Gasteiger partial charge on any atom is 0.227 e. The first-order valence-corrected chi connectivity index (χ1v) is 3.97. The molecule has 0 atom stereocenters. The van der Waals surface area contributed by atoms with Crippen molar-refractivity contribution < 1.29 is 8.81 Å². The molecule has 0 spiro atoms. The Labute approximate surface area is 80.4 Å². The topological polar surface area (TPSA) is 26.0 Å². The van der Waals surface area contributed by atoms with Gasteiger partial charge in [-0.15, -0.1) is 6.42 Å². The highest BCUT2D eigenvalue weighted by Gasteiger charge is 2.04. The fraction of sp³-hybridized carbons (Fsp3) is 0. The van der Waals surface area contributed by atoms with Gasteiger partial charge in [-0.05, 0) is 30.2 Å². The molecule has 2 rings (SSSR count). The van der Waals surface area contributed by atoms with Crippen molar-refractivity contribution in [3.05, 3.63) is 42.0 Å². The van der Waals surface area contributed by atoms with Crippen molar-refractivity contribution in [2.45, 2.75) is 0 Å². The van der Waals surface area contributed by atoms with Crippen molar-refractivity contribution >= 4 is 0 Å². The highest BCUT2D eigenvalue weighted by atomic mass is 19.1. The fourth-order valence-corrected chi connectivity index (χ4v) is 1.07. The van der Waals surface area contributed by atoms with Gasteiger partial charge in [0.2, 0.25) is 5.89 Å². The minimum atomic E-state index is -0.294. The Morgan fingerprint density at radius 1 is 1.29 bits per heavy atom. The summed E-state index contributed by atoms with van der Waals surface area (Å²) in [7, 11) is 0. The maximum absolute atomic E-state index is 12.6. The van der Waals surface area contributed by atoms with Crippen molar-refractivity contribution in [3.63, 3.8) is 0 Å². The molecule has 1 aromatic heterocycles. The van der Waals surface area contributed by atoms with Crippen LogP contribution in [0.15, 0.2) is 34.9 Å². The van der Waals surface area contributed by atoms with Crippen LogP contribution in [-0.4, -0.2) is 4.98 Å². The number of oxazole rings is 1. The van der Waals surface area contributed by atoms with Gasteiger partial charge >= 0.3 is 0 Å². The van der Waals surface area contributed by atoms with Gasteiger partial charge in [-0.1, -0.05) is 0 Å². The maximum atomic E-state index is 12.6. The van der Waals surface area contributed by atoms with Crippen LogP contribution in [0.5, 0.6) is 0 Å². The van der Waals surface area contributed by atoms with Gasteiger partial charge in [0.25, 0.3) is 0 Å². The van der Waals surface area contributed by atoms with Crippen molar-refractivity contribution in [2.75, 3.05) is 0 Å². The van der Waals surface area contributed by atoms with E-state index in [1.165, 1.54) is 18.4 Å². The molecule has 0 radical (unpaired) electrons. The largest absolute Gasteiger partial charge is 0.443 e. The predicted octanol–water partition coefficient (Wildman–Crippen LogP) is 2.46. The summed E-state index contributed by atoms with van der Waals surface area (Å²) in [5.41, 5.74) is 1.14. The summed E-state index contributed by atoms with van der Waals surface area (Å²) in [6.45, 7) is 0. The molecule has 0 N–H and O–H groups in total. The number of hydrogen-bond donors (Lipinski definition) is 0. The van der Waals surface area contributed by atoms with Gasteiger partial charge in [-0.25, -0.2) is 9.37 Å². The van der Waals surface area contributed by atoms with E-state index in [1.807, 2.05) is 0 Å². The number of terminal acetylenes is 1. The first-order chi connectivity index (χ1) is 6.79. The van der Waals surface area contributed by atoms with Crippen LogP contribution in [0.1, 0.15) is 5.69 Å². The zero-order chi connectivity index (χ0) is 9.97. The lowest BCUT2D eigenvalue weighted by molar-refractivity contribution is 0.573. The van der Waals surface area contributed by atoms with Crippen LogP contribution in [0.4, 0.5) is 4.39 Å². The number of benzene rings is 1. The van der Waals surface area contributed by atoms with E-state index < -0.39 is 0 Å². The van der Waals surface area contributed by atoms with E-state index in [1.54, 1.807) is 12.1 Å². The third kappa shape index (κ3) is 1.50. The Kier molecular flexibility index (Phi) is 2.04. The molecule has 0 aliphatic carbocycles. The van der Waals surface area contributed by atoms with Gasteiger partial charge < -0.3 is 4.42 Å². The summed E-state index contributed by atoms with van der Waals surface area (Å²) < 4.78 is 17.7. The smallest absolute Gasteiger partial charge is 0.227 e. The molecule has 0 aliphatic rings. The lowest BCUT2D eigenvalue weighted by Crippen LogP contribution is -1.79. The van der Waals surface area contributed by atoms with E-state index in [-0.39, 0.29) is 5.82 Å². The molecule has 2 nitrogen and oxygen atoms in total. The van der Waals surface area contributed by atoms with Crippen LogP contribution in [0.25, 0.3) is 11.5 Å². The first kappa shape index (κ1) is 8.52. The SMILES string of the molecule is C#Cc1coc(-c2ccc(F)cc2)n1. The molecule has 0 bridgehead atoms. The number of nitrogens with zero attached hydrogens (tertiary/aromatic N) is 1. The van der Waals surface area contributed by atoms with Crippen LogP contribution in [-0.2, 0) is 0 Å². The van der Waals surface area contributed by atoms with E-state index in [0.717, 1.165) is 0 Å². The number of rotatable bonds is 1. The summed E-state index contributed by atoms with van der Waals surface area (Å²) in [5, 5.41) is 0.